The number of benzene rings is 3. The van der Waals surface area contributed by atoms with Crippen molar-refractivity contribution in [1.29, 1.82) is 0 Å². The van der Waals surface area contributed by atoms with Gasteiger partial charge in [0.05, 0.1) is 5.54 Å². The molecule has 6 nitrogen and oxygen atoms in total. The van der Waals surface area contributed by atoms with Crippen LogP contribution in [0.15, 0.2) is 91.0 Å². The smallest absolute Gasteiger partial charge is 0.408 e. The van der Waals surface area contributed by atoms with Crippen molar-refractivity contribution in [3.63, 3.8) is 0 Å². The van der Waals surface area contributed by atoms with E-state index in [4.69, 9.17) is 19.1 Å². The molecule has 0 heterocycles. The average molecular weight is 413 g/mol. The van der Waals surface area contributed by atoms with E-state index in [1.54, 1.807) is 0 Å². The lowest BCUT2D eigenvalue weighted by Crippen LogP contribution is -2.44. The third-order valence-corrected chi connectivity index (χ3v) is 4.27. The fourth-order valence-electron chi connectivity index (χ4n) is 2.82. The number of nitrogens with one attached hydrogen (secondary N) is 1. The molecule has 3 rings (SSSR count). The molecular formula is C22H24NO5P. The van der Waals surface area contributed by atoms with Crippen molar-refractivity contribution in [3.05, 3.63) is 108 Å². The standard InChI is InChI=1S/C22H21NO2.H3O3P/c1-22(19-13-7-3-8-14-19,20-15-9-4-10-16-20)23-21(24)25-17-18-11-5-2-6-12-18;1-4(2)3/h2-16H,17H2,1H3,(H,23,24);4H,(H2,1,2,3). The van der Waals surface area contributed by atoms with Crippen LogP contribution in [-0.2, 0) is 21.4 Å². The van der Waals surface area contributed by atoms with Crippen LogP contribution in [0.25, 0.3) is 0 Å². The van der Waals surface area contributed by atoms with Crippen LogP contribution in [-0.4, -0.2) is 15.9 Å². The lowest BCUT2D eigenvalue weighted by atomic mass is 9.85. The lowest BCUT2D eigenvalue weighted by molar-refractivity contribution is 0.131. The summed E-state index contributed by atoms with van der Waals surface area (Å²) in [4.78, 5) is 26.8. The zero-order valence-electron chi connectivity index (χ0n) is 16.0. The topological polar surface area (TPSA) is 95.9 Å². The van der Waals surface area contributed by atoms with E-state index in [2.05, 4.69) is 5.32 Å². The molecule has 0 radical (unpaired) electrons. The van der Waals surface area contributed by atoms with Crippen LogP contribution >= 0.6 is 8.25 Å². The normalized spacial score (nSPS) is 10.6. The molecule has 0 saturated heterocycles. The van der Waals surface area contributed by atoms with Crippen molar-refractivity contribution in [1.82, 2.24) is 5.32 Å². The number of hydrogen-bond donors (Lipinski definition) is 3. The summed E-state index contributed by atoms with van der Waals surface area (Å²) in [6.45, 7) is 2.23. The summed E-state index contributed by atoms with van der Waals surface area (Å²) < 4.78 is 14.2. The molecule has 0 bridgehead atoms. The summed E-state index contributed by atoms with van der Waals surface area (Å²) >= 11 is 0. The zero-order valence-corrected chi connectivity index (χ0v) is 17.0. The molecule has 0 aliphatic carbocycles. The van der Waals surface area contributed by atoms with E-state index in [-0.39, 0.29) is 6.61 Å². The fourth-order valence-corrected chi connectivity index (χ4v) is 2.82. The van der Waals surface area contributed by atoms with Crippen molar-refractivity contribution in [2.75, 3.05) is 0 Å². The molecule has 3 N–H and O–H groups in total. The van der Waals surface area contributed by atoms with Crippen LogP contribution in [0.1, 0.15) is 23.6 Å². The molecule has 0 unspecified atom stereocenters. The summed E-state index contributed by atoms with van der Waals surface area (Å²) in [5.41, 5.74) is 2.28. The number of rotatable bonds is 5. The molecule has 152 valence electrons. The van der Waals surface area contributed by atoms with Gasteiger partial charge in [0.25, 0.3) is 0 Å². The molecule has 3 aromatic carbocycles. The Kier molecular flexibility index (Phi) is 8.62. The number of carbonyl (C=O) groups is 1. The summed E-state index contributed by atoms with van der Waals surface area (Å²) in [5, 5.41) is 3.04. The largest absolute Gasteiger partial charge is 0.445 e. The van der Waals surface area contributed by atoms with E-state index in [0.717, 1.165) is 16.7 Å². The summed E-state index contributed by atoms with van der Waals surface area (Å²) in [6.07, 6.45) is -0.445. The van der Waals surface area contributed by atoms with Crippen LogP contribution in [0.3, 0.4) is 0 Å². The van der Waals surface area contributed by atoms with Gasteiger partial charge in [0.15, 0.2) is 0 Å². The van der Waals surface area contributed by atoms with Gasteiger partial charge in [-0.1, -0.05) is 91.0 Å². The van der Waals surface area contributed by atoms with Crippen LogP contribution in [0, 0.1) is 0 Å². The highest BCUT2D eigenvalue weighted by Gasteiger charge is 2.31. The minimum Gasteiger partial charge on any atom is -0.445 e. The second-order valence-corrected chi connectivity index (χ2v) is 6.89. The van der Waals surface area contributed by atoms with Crippen LogP contribution < -0.4 is 5.32 Å². The van der Waals surface area contributed by atoms with Gasteiger partial charge < -0.3 is 19.8 Å². The van der Waals surface area contributed by atoms with Crippen LogP contribution in [0.4, 0.5) is 4.79 Å². The van der Waals surface area contributed by atoms with Crippen molar-refractivity contribution < 1.29 is 23.9 Å². The average Bonchev–Trinajstić information content (AvgIpc) is 2.74. The highest BCUT2D eigenvalue weighted by Crippen LogP contribution is 2.29. The third-order valence-electron chi connectivity index (χ3n) is 4.27. The number of amides is 1. The maximum Gasteiger partial charge on any atom is 0.408 e. The summed E-state index contributed by atoms with van der Waals surface area (Å²) in [7, 11) is -3.13. The lowest BCUT2D eigenvalue weighted by Gasteiger charge is -2.31. The molecule has 29 heavy (non-hydrogen) atoms. The third kappa shape index (κ3) is 7.20. The zero-order chi connectivity index (χ0) is 21.1. The van der Waals surface area contributed by atoms with Gasteiger partial charge in [0.1, 0.15) is 6.61 Å². The number of hydrogen-bond acceptors (Lipinski definition) is 3. The Morgan fingerprint density at radius 2 is 1.24 bits per heavy atom. The first-order valence-electron chi connectivity index (χ1n) is 8.93. The number of ether oxygens (including phenoxy) is 1. The Hall–Kier alpha value is -2.92. The molecule has 0 saturated carbocycles. The predicted octanol–water partition coefficient (Wildman–Crippen LogP) is 4.24. The molecule has 1 amide bonds. The second-order valence-electron chi connectivity index (χ2n) is 6.33. The number of carbonyl (C=O) groups excluding carboxylic acids is 1. The first-order valence-corrected chi connectivity index (χ1v) is 10.2. The molecular weight excluding hydrogens is 389 g/mol. The predicted molar refractivity (Wildman–Crippen MR) is 113 cm³/mol. The van der Waals surface area contributed by atoms with Crippen molar-refractivity contribution >= 4 is 14.3 Å². The van der Waals surface area contributed by atoms with Crippen molar-refractivity contribution in [3.8, 4) is 0 Å². The van der Waals surface area contributed by atoms with Gasteiger partial charge in [-0.05, 0) is 23.6 Å². The Bertz CT molecular complexity index is 861. The van der Waals surface area contributed by atoms with E-state index in [0.29, 0.717) is 0 Å². The summed E-state index contributed by atoms with van der Waals surface area (Å²) in [5.74, 6) is 0. The van der Waals surface area contributed by atoms with Gasteiger partial charge in [-0.3, -0.25) is 4.57 Å². The van der Waals surface area contributed by atoms with Gasteiger partial charge in [-0.25, -0.2) is 4.79 Å². The minimum absolute atomic E-state index is 0.242. The molecule has 0 aliphatic rings. The molecule has 0 aliphatic heterocycles. The highest BCUT2D eigenvalue weighted by atomic mass is 31.1. The second kappa shape index (κ2) is 11.2. The Balaban J connectivity index is 0.000000687. The molecule has 0 spiro atoms. The van der Waals surface area contributed by atoms with Crippen LogP contribution in [0.5, 0.6) is 0 Å². The van der Waals surface area contributed by atoms with Gasteiger partial charge in [-0.2, -0.15) is 0 Å². The van der Waals surface area contributed by atoms with Gasteiger partial charge in [0, 0.05) is 0 Å². The maximum atomic E-state index is 12.4. The van der Waals surface area contributed by atoms with Gasteiger partial charge >= 0.3 is 14.3 Å². The number of alkyl carbamates (subject to hydrolysis) is 1. The maximum absolute atomic E-state index is 12.4. The molecule has 0 fully saturated rings. The van der Waals surface area contributed by atoms with E-state index in [9.17, 15) is 4.79 Å². The first-order chi connectivity index (χ1) is 13.9. The van der Waals surface area contributed by atoms with Crippen LogP contribution in [0.2, 0.25) is 0 Å². The fraction of sp³-hybridized carbons (Fsp3) is 0.136. The molecule has 0 atom stereocenters. The highest BCUT2D eigenvalue weighted by molar-refractivity contribution is 7.30. The van der Waals surface area contributed by atoms with E-state index in [1.807, 2.05) is 97.9 Å². The van der Waals surface area contributed by atoms with E-state index < -0.39 is 19.9 Å². The van der Waals surface area contributed by atoms with E-state index in [1.165, 1.54) is 0 Å². The quantitative estimate of drug-likeness (QED) is 0.544. The Labute approximate surface area is 170 Å². The van der Waals surface area contributed by atoms with Crippen molar-refractivity contribution in [2.45, 2.75) is 19.1 Å². The first kappa shape index (κ1) is 22.4. The van der Waals surface area contributed by atoms with E-state index >= 15 is 0 Å². The van der Waals surface area contributed by atoms with Crippen molar-refractivity contribution in [2.24, 2.45) is 0 Å². The Morgan fingerprint density at radius 3 is 1.66 bits per heavy atom. The molecule has 3 aromatic rings. The minimum atomic E-state index is -3.13. The summed E-state index contributed by atoms with van der Waals surface area (Å²) in [6, 6.07) is 29.5. The van der Waals surface area contributed by atoms with Gasteiger partial charge in [0.2, 0.25) is 0 Å². The Morgan fingerprint density at radius 1 is 0.862 bits per heavy atom. The SMILES string of the molecule is CC(NC(=O)OCc1ccccc1)(c1ccccc1)c1ccccc1.O=[PH](O)O. The molecule has 7 heteroatoms. The van der Waals surface area contributed by atoms with Gasteiger partial charge in [-0.15, -0.1) is 0 Å². The monoisotopic (exact) mass is 413 g/mol. The molecule has 0 aromatic heterocycles.